The molecule has 44 heavy (non-hydrogen) atoms. The van der Waals surface area contributed by atoms with E-state index >= 15 is 0 Å². The van der Waals surface area contributed by atoms with Gasteiger partial charge in [0.1, 0.15) is 6.04 Å². The molecule has 8 nitrogen and oxygen atoms in total. The van der Waals surface area contributed by atoms with Crippen LogP contribution in [0.1, 0.15) is 62.3 Å². The van der Waals surface area contributed by atoms with Gasteiger partial charge in [0.2, 0.25) is 21.8 Å². The number of nitrogens with zero attached hydrogens (tertiary/aromatic N) is 2. The van der Waals surface area contributed by atoms with Crippen LogP contribution in [0.5, 0.6) is 0 Å². The van der Waals surface area contributed by atoms with Crippen molar-refractivity contribution in [3.8, 4) is 0 Å². The SMILES string of the molecule is CC(C)OCCCNC(=O)[C@H](c1ccccc1)N(Cc1ccc(Cl)cc1)C(=O)CCc1ccc(S(=O)(=O)N2CCCC2)cc1. The third kappa shape index (κ3) is 9.38. The van der Waals surface area contributed by atoms with Crippen molar-refractivity contribution >= 4 is 33.4 Å². The summed E-state index contributed by atoms with van der Waals surface area (Å²) in [6.45, 7) is 6.19. The van der Waals surface area contributed by atoms with Crippen molar-refractivity contribution in [1.82, 2.24) is 14.5 Å². The van der Waals surface area contributed by atoms with Crippen LogP contribution in [0, 0.1) is 0 Å². The van der Waals surface area contributed by atoms with E-state index in [-0.39, 0.29) is 35.8 Å². The summed E-state index contributed by atoms with van der Waals surface area (Å²) in [5, 5.41) is 3.59. The highest BCUT2D eigenvalue weighted by molar-refractivity contribution is 7.89. The predicted octanol–water partition coefficient (Wildman–Crippen LogP) is 5.76. The van der Waals surface area contributed by atoms with Gasteiger partial charge in [0.25, 0.3) is 0 Å². The molecule has 4 rings (SSSR count). The number of hydrogen-bond acceptors (Lipinski definition) is 5. The van der Waals surface area contributed by atoms with E-state index in [9.17, 15) is 18.0 Å². The average Bonchev–Trinajstić information content (AvgIpc) is 3.57. The van der Waals surface area contributed by atoms with Gasteiger partial charge in [0.05, 0.1) is 11.0 Å². The average molecular weight is 640 g/mol. The third-order valence-corrected chi connectivity index (χ3v) is 9.75. The van der Waals surface area contributed by atoms with Crippen molar-refractivity contribution in [3.05, 3.63) is 101 Å². The summed E-state index contributed by atoms with van der Waals surface area (Å²) >= 11 is 6.12. The summed E-state index contributed by atoms with van der Waals surface area (Å²) in [5.41, 5.74) is 2.40. The molecule has 0 bridgehead atoms. The molecule has 2 amide bonds. The Labute approximate surface area is 266 Å². The molecule has 1 N–H and O–H groups in total. The first-order valence-electron chi connectivity index (χ1n) is 15.2. The van der Waals surface area contributed by atoms with Gasteiger partial charge in [-0.15, -0.1) is 0 Å². The maximum Gasteiger partial charge on any atom is 0.247 e. The van der Waals surface area contributed by atoms with Gasteiger partial charge in [0.15, 0.2) is 0 Å². The van der Waals surface area contributed by atoms with E-state index in [2.05, 4.69) is 5.32 Å². The number of carbonyl (C=O) groups excluding carboxylic acids is 2. The maximum absolute atomic E-state index is 14.0. The molecule has 0 aromatic heterocycles. The van der Waals surface area contributed by atoms with E-state index in [1.54, 1.807) is 41.3 Å². The highest BCUT2D eigenvalue weighted by atomic mass is 35.5. The van der Waals surface area contributed by atoms with Crippen LogP contribution >= 0.6 is 11.6 Å². The Bertz CT molecular complexity index is 1460. The Morgan fingerprint density at radius 3 is 2.20 bits per heavy atom. The van der Waals surface area contributed by atoms with Gasteiger partial charge in [-0.1, -0.05) is 66.2 Å². The van der Waals surface area contributed by atoms with Gasteiger partial charge in [-0.2, -0.15) is 4.31 Å². The molecule has 1 fully saturated rings. The molecule has 0 radical (unpaired) electrons. The second-order valence-corrected chi connectivity index (χ2v) is 13.7. The van der Waals surface area contributed by atoms with Crippen LogP contribution < -0.4 is 5.32 Å². The molecule has 236 valence electrons. The molecule has 0 saturated carbocycles. The molecule has 1 aliphatic heterocycles. The molecule has 1 saturated heterocycles. The normalized spacial score (nSPS) is 14.5. The summed E-state index contributed by atoms with van der Waals surface area (Å²) in [4.78, 5) is 29.6. The van der Waals surface area contributed by atoms with Crippen LogP contribution in [0.25, 0.3) is 0 Å². The first-order chi connectivity index (χ1) is 21.1. The van der Waals surface area contributed by atoms with Crippen molar-refractivity contribution in [1.29, 1.82) is 0 Å². The Morgan fingerprint density at radius 1 is 0.932 bits per heavy atom. The van der Waals surface area contributed by atoms with Crippen molar-refractivity contribution in [3.63, 3.8) is 0 Å². The van der Waals surface area contributed by atoms with Crippen LogP contribution in [0.4, 0.5) is 0 Å². The van der Waals surface area contributed by atoms with Gasteiger partial charge in [-0.3, -0.25) is 9.59 Å². The minimum Gasteiger partial charge on any atom is -0.379 e. The molecule has 1 heterocycles. The summed E-state index contributed by atoms with van der Waals surface area (Å²) in [7, 11) is -3.51. The molecule has 3 aromatic rings. The maximum atomic E-state index is 14.0. The zero-order chi connectivity index (χ0) is 31.5. The van der Waals surface area contributed by atoms with Crippen molar-refractivity contribution in [2.75, 3.05) is 26.2 Å². The van der Waals surface area contributed by atoms with Crippen LogP contribution in [0.2, 0.25) is 5.02 Å². The summed E-state index contributed by atoms with van der Waals surface area (Å²) in [5.74, 6) is -0.458. The number of benzene rings is 3. The second-order valence-electron chi connectivity index (χ2n) is 11.3. The monoisotopic (exact) mass is 639 g/mol. The van der Waals surface area contributed by atoms with Crippen LogP contribution in [0.15, 0.2) is 83.8 Å². The van der Waals surface area contributed by atoms with E-state index in [1.807, 2.05) is 56.3 Å². The van der Waals surface area contributed by atoms with E-state index in [0.29, 0.717) is 49.7 Å². The number of aryl methyl sites for hydroxylation is 1. The second kappa shape index (κ2) is 16.2. The molecular formula is C34H42ClN3O5S. The number of nitrogens with one attached hydrogen (secondary N) is 1. The van der Waals surface area contributed by atoms with Crippen LogP contribution in [-0.2, 0) is 37.3 Å². The number of hydrogen-bond donors (Lipinski definition) is 1. The number of halogens is 1. The van der Waals surface area contributed by atoms with E-state index < -0.39 is 16.1 Å². The lowest BCUT2D eigenvalue weighted by atomic mass is 10.0. The Hall–Kier alpha value is -3.24. The minimum absolute atomic E-state index is 0.112. The molecule has 1 aliphatic rings. The zero-order valence-corrected chi connectivity index (χ0v) is 27.0. The van der Waals surface area contributed by atoms with Gasteiger partial charge < -0.3 is 15.0 Å². The molecule has 0 unspecified atom stereocenters. The smallest absolute Gasteiger partial charge is 0.247 e. The summed E-state index contributed by atoms with van der Waals surface area (Å²) < 4.78 is 33.0. The van der Waals surface area contributed by atoms with Gasteiger partial charge >= 0.3 is 0 Å². The predicted molar refractivity (Wildman–Crippen MR) is 173 cm³/mol. The number of sulfonamides is 1. The van der Waals surface area contributed by atoms with Crippen molar-refractivity contribution in [2.45, 2.75) is 69.5 Å². The van der Waals surface area contributed by atoms with Gasteiger partial charge in [-0.25, -0.2) is 8.42 Å². The van der Waals surface area contributed by atoms with E-state index in [0.717, 1.165) is 24.0 Å². The molecule has 10 heteroatoms. The molecule has 3 aromatic carbocycles. The lowest BCUT2D eigenvalue weighted by Gasteiger charge is -2.32. The lowest BCUT2D eigenvalue weighted by molar-refractivity contribution is -0.141. The number of carbonyl (C=O) groups is 2. The Balaban J connectivity index is 1.52. The van der Waals surface area contributed by atoms with Crippen molar-refractivity contribution < 1.29 is 22.7 Å². The standard InChI is InChI=1S/C34H42ClN3O5S/c1-26(2)43-24-8-21-36-34(40)33(29-9-4-3-5-10-29)38(25-28-11-16-30(35)17-12-28)32(39)20-15-27-13-18-31(19-14-27)44(41,42)37-22-6-7-23-37/h3-5,9-14,16-19,26,33H,6-8,15,20-25H2,1-2H3,(H,36,40)/t33-/m0/s1. The largest absolute Gasteiger partial charge is 0.379 e. The highest BCUT2D eigenvalue weighted by Gasteiger charge is 2.31. The highest BCUT2D eigenvalue weighted by Crippen LogP contribution is 2.26. The number of ether oxygens (including phenoxy) is 1. The minimum atomic E-state index is -3.51. The summed E-state index contributed by atoms with van der Waals surface area (Å²) in [6.07, 6.45) is 3.06. The van der Waals surface area contributed by atoms with E-state index in [4.69, 9.17) is 16.3 Å². The van der Waals surface area contributed by atoms with E-state index in [1.165, 1.54) is 4.31 Å². The fraction of sp³-hybridized carbons (Fsp3) is 0.412. The fourth-order valence-electron chi connectivity index (χ4n) is 5.22. The molecular weight excluding hydrogens is 598 g/mol. The Morgan fingerprint density at radius 2 is 1.57 bits per heavy atom. The lowest BCUT2D eigenvalue weighted by Crippen LogP contribution is -2.44. The Kier molecular flexibility index (Phi) is 12.4. The van der Waals surface area contributed by atoms with Gasteiger partial charge in [0, 0.05) is 44.2 Å². The summed E-state index contributed by atoms with van der Waals surface area (Å²) in [6, 6.07) is 22.4. The van der Waals surface area contributed by atoms with Crippen LogP contribution in [0.3, 0.4) is 0 Å². The quantitative estimate of drug-likeness (QED) is 0.213. The fourth-order valence-corrected chi connectivity index (χ4v) is 6.86. The first kappa shape index (κ1) is 33.6. The third-order valence-electron chi connectivity index (χ3n) is 7.59. The number of rotatable bonds is 15. The topological polar surface area (TPSA) is 96.0 Å². The van der Waals surface area contributed by atoms with Gasteiger partial charge in [-0.05, 0) is 80.5 Å². The molecule has 0 spiro atoms. The zero-order valence-electron chi connectivity index (χ0n) is 25.5. The first-order valence-corrected chi connectivity index (χ1v) is 17.0. The van der Waals surface area contributed by atoms with Crippen molar-refractivity contribution in [2.24, 2.45) is 0 Å². The number of amides is 2. The molecule has 0 aliphatic carbocycles. The molecule has 1 atom stereocenters. The van der Waals surface area contributed by atoms with Crippen LogP contribution in [-0.4, -0.2) is 61.8 Å².